The molecular formula is C31H25ClN2O6. The Hall–Kier alpha value is -4.82. The average molecular weight is 557 g/mol. The first-order valence-corrected chi connectivity index (χ1v) is 12.9. The third-order valence-corrected chi connectivity index (χ3v) is 6.77. The molecule has 4 aromatic carbocycles. The van der Waals surface area contributed by atoms with Crippen molar-refractivity contribution in [2.24, 2.45) is 0 Å². The maximum Gasteiger partial charge on any atom is 0.335 e. The predicted molar refractivity (Wildman–Crippen MR) is 153 cm³/mol. The van der Waals surface area contributed by atoms with Crippen molar-refractivity contribution in [1.29, 1.82) is 0 Å². The lowest BCUT2D eigenvalue weighted by Crippen LogP contribution is -2.54. The minimum absolute atomic E-state index is 0.0310. The number of nitrogens with zero attached hydrogens (tertiary/aromatic N) is 1. The molecule has 2 N–H and O–H groups in total. The normalized spacial score (nSPS) is 14.5. The zero-order valence-corrected chi connectivity index (χ0v) is 22.5. The number of benzene rings is 4. The molecule has 4 amide bonds. The van der Waals surface area contributed by atoms with Gasteiger partial charge in [-0.05, 0) is 78.2 Å². The number of carbonyl (C=O) groups is 3. The smallest absolute Gasteiger partial charge is 0.335 e. The number of aromatic hydroxyl groups is 1. The van der Waals surface area contributed by atoms with Crippen molar-refractivity contribution in [2.75, 3.05) is 11.5 Å². The van der Waals surface area contributed by atoms with Crippen molar-refractivity contribution in [2.45, 2.75) is 20.5 Å². The second-order valence-corrected chi connectivity index (χ2v) is 9.52. The number of hydrogen-bond donors (Lipinski definition) is 2. The first-order chi connectivity index (χ1) is 19.3. The molecule has 1 saturated heterocycles. The summed E-state index contributed by atoms with van der Waals surface area (Å²) in [5.74, 6) is -1.02. The molecule has 1 aliphatic rings. The SMILES string of the molecule is CCOc1cc(/C=C2\C(=O)NC(=O)N(c3ccc(O)cc3)C2=O)cc(Cl)c1OCc1c(C)ccc2ccccc12. The fourth-order valence-electron chi connectivity index (χ4n) is 4.52. The molecule has 0 saturated carbocycles. The molecule has 1 fully saturated rings. The summed E-state index contributed by atoms with van der Waals surface area (Å²) >= 11 is 6.64. The number of barbiturate groups is 1. The zero-order valence-electron chi connectivity index (χ0n) is 21.7. The quantitative estimate of drug-likeness (QED) is 0.209. The molecule has 40 heavy (non-hydrogen) atoms. The monoisotopic (exact) mass is 556 g/mol. The molecule has 1 aliphatic heterocycles. The first kappa shape index (κ1) is 26.8. The number of ether oxygens (including phenoxy) is 2. The van der Waals surface area contributed by atoms with E-state index in [-0.39, 0.29) is 28.6 Å². The van der Waals surface area contributed by atoms with E-state index >= 15 is 0 Å². The van der Waals surface area contributed by atoms with Crippen molar-refractivity contribution < 1.29 is 29.0 Å². The van der Waals surface area contributed by atoms with Gasteiger partial charge in [0, 0.05) is 5.56 Å². The minimum atomic E-state index is -0.890. The molecule has 202 valence electrons. The summed E-state index contributed by atoms with van der Waals surface area (Å²) in [5, 5.41) is 14.1. The average Bonchev–Trinajstić information content (AvgIpc) is 2.92. The van der Waals surface area contributed by atoms with Crippen LogP contribution in [0.1, 0.15) is 23.6 Å². The van der Waals surface area contributed by atoms with Gasteiger partial charge in [0.05, 0.1) is 17.3 Å². The molecule has 4 aromatic rings. The number of amides is 4. The molecule has 1 heterocycles. The van der Waals surface area contributed by atoms with Crippen LogP contribution in [0.5, 0.6) is 17.2 Å². The number of phenolic OH excluding ortho intramolecular Hbond substituents is 1. The number of imide groups is 2. The van der Waals surface area contributed by atoms with Crippen LogP contribution >= 0.6 is 11.6 Å². The van der Waals surface area contributed by atoms with Crippen LogP contribution < -0.4 is 19.7 Å². The number of nitrogens with one attached hydrogen (secondary N) is 1. The molecule has 0 spiro atoms. The van der Waals surface area contributed by atoms with E-state index in [1.54, 1.807) is 12.1 Å². The van der Waals surface area contributed by atoms with Crippen LogP contribution in [0.4, 0.5) is 10.5 Å². The maximum absolute atomic E-state index is 13.2. The van der Waals surface area contributed by atoms with Crippen molar-refractivity contribution in [1.82, 2.24) is 5.32 Å². The number of rotatable bonds is 7. The molecule has 8 nitrogen and oxygen atoms in total. The fourth-order valence-corrected chi connectivity index (χ4v) is 4.79. The number of fused-ring (bicyclic) bond motifs is 1. The van der Waals surface area contributed by atoms with Gasteiger partial charge in [0.15, 0.2) is 11.5 Å². The van der Waals surface area contributed by atoms with Crippen LogP contribution in [0.3, 0.4) is 0 Å². The van der Waals surface area contributed by atoms with Crippen LogP contribution in [-0.4, -0.2) is 29.6 Å². The second-order valence-electron chi connectivity index (χ2n) is 9.11. The second kappa shape index (κ2) is 11.1. The molecule has 0 atom stereocenters. The highest BCUT2D eigenvalue weighted by atomic mass is 35.5. The fraction of sp³-hybridized carbons (Fsp3) is 0.129. The maximum atomic E-state index is 13.2. The van der Waals surface area contributed by atoms with Gasteiger partial charge in [-0.1, -0.05) is 48.0 Å². The van der Waals surface area contributed by atoms with Gasteiger partial charge < -0.3 is 14.6 Å². The van der Waals surface area contributed by atoms with Crippen LogP contribution in [0.25, 0.3) is 16.8 Å². The van der Waals surface area contributed by atoms with Gasteiger partial charge in [-0.2, -0.15) is 0 Å². The van der Waals surface area contributed by atoms with Crippen molar-refractivity contribution in [3.63, 3.8) is 0 Å². The molecular weight excluding hydrogens is 532 g/mol. The van der Waals surface area contributed by atoms with E-state index in [0.717, 1.165) is 26.8 Å². The third kappa shape index (κ3) is 5.21. The number of anilines is 1. The molecule has 0 bridgehead atoms. The Morgan fingerprint density at radius 3 is 2.48 bits per heavy atom. The van der Waals surface area contributed by atoms with Crippen LogP contribution in [0.15, 0.2) is 78.4 Å². The molecule has 0 radical (unpaired) electrons. The van der Waals surface area contributed by atoms with Gasteiger partial charge in [-0.15, -0.1) is 0 Å². The Morgan fingerprint density at radius 1 is 0.975 bits per heavy atom. The van der Waals surface area contributed by atoms with Crippen LogP contribution in [0.2, 0.25) is 5.02 Å². The molecule has 5 rings (SSSR count). The number of carbonyl (C=O) groups excluding carboxylic acids is 3. The summed E-state index contributed by atoms with van der Waals surface area (Å²) in [4.78, 5) is 39.1. The Morgan fingerprint density at radius 2 is 1.73 bits per heavy atom. The van der Waals surface area contributed by atoms with Crippen LogP contribution in [0, 0.1) is 6.92 Å². The Bertz CT molecular complexity index is 1680. The van der Waals surface area contributed by atoms with E-state index in [1.807, 2.05) is 44.2 Å². The largest absolute Gasteiger partial charge is 0.508 e. The summed E-state index contributed by atoms with van der Waals surface area (Å²) < 4.78 is 12.0. The van der Waals surface area contributed by atoms with E-state index in [4.69, 9.17) is 21.1 Å². The number of urea groups is 1. The standard InChI is InChI=1S/C31H25ClN2O6/c1-3-39-27-16-19(14-24-29(36)33-31(38)34(30(24)37)21-10-12-22(35)13-11-21)15-26(32)28(27)40-17-25-18(2)8-9-20-6-4-5-7-23(20)25/h4-16,35H,3,17H2,1-2H3,(H,33,36,38)/b24-14+. The lowest BCUT2D eigenvalue weighted by molar-refractivity contribution is -0.122. The minimum Gasteiger partial charge on any atom is -0.508 e. The van der Waals surface area contributed by atoms with Crippen LogP contribution in [-0.2, 0) is 16.2 Å². The summed E-state index contributed by atoms with van der Waals surface area (Å²) in [6, 6.07) is 19.9. The molecule has 0 aliphatic carbocycles. The highest BCUT2D eigenvalue weighted by Gasteiger charge is 2.37. The Balaban J connectivity index is 1.47. The van der Waals surface area contributed by atoms with Gasteiger partial charge in [0.1, 0.15) is 17.9 Å². The summed E-state index contributed by atoms with van der Waals surface area (Å²) in [7, 11) is 0. The summed E-state index contributed by atoms with van der Waals surface area (Å²) in [6.07, 6.45) is 1.34. The summed E-state index contributed by atoms with van der Waals surface area (Å²) in [6.45, 7) is 4.40. The van der Waals surface area contributed by atoms with E-state index in [0.29, 0.717) is 23.7 Å². The van der Waals surface area contributed by atoms with E-state index in [1.165, 1.54) is 30.3 Å². The Labute approximate surface area is 235 Å². The van der Waals surface area contributed by atoms with Crippen molar-refractivity contribution in [3.05, 3.63) is 100 Å². The van der Waals surface area contributed by atoms with Crippen molar-refractivity contribution >= 4 is 52.0 Å². The number of aryl methyl sites for hydroxylation is 1. The Kier molecular flexibility index (Phi) is 7.44. The number of hydrogen-bond acceptors (Lipinski definition) is 6. The number of phenols is 1. The van der Waals surface area contributed by atoms with E-state index in [2.05, 4.69) is 11.4 Å². The van der Waals surface area contributed by atoms with Gasteiger partial charge in [-0.25, -0.2) is 9.69 Å². The van der Waals surface area contributed by atoms with Gasteiger partial charge in [0.2, 0.25) is 0 Å². The van der Waals surface area contributed by atoms with Gasteiger partial charge >= 0.3 is 6.03 Å². The zero-order chi connectivity index (χ0) is 28.4. The lowest BCUT2D eigenvalue weighted by atomic mass is 10.0. The third-order valence-electron chi connectivity index (χ3n) is 6.49. The molecule has 9 heteroatoms. The molecule has 0 aromatic heterocycles. The summed E-state index contributed by atoms with van der Waals surface area (Å²) in [5.41, 5.74) is 2.42. The highest BCUT2D eigenvalue weighted by molar-refractivity contribution is 6.39. The van der Waals surface area contributed by atoms with Crippen molar-refractivity contribution in [3.8, 4) is 17.2 Å². The van der Waals surface area contributed by atoms with E-state index in [9.17, 15) is 19.5 Å². The molecule has 0 unspecified atom stereocenters. The lowest BCUT2D eigenvalue weighted by Gasteiger charge is -2.26. The number of halogens is 1. The first-order valence-electron chi connectivity index (χ1n) is 12.5. The van der Waals surface area contributed by atoms with Gasteiger partial charge in [0.25, 0.3) is 11.8 Å². The predicted octanol–water partition coefficient (Wildman–Crippen LogP) is 6.15. The highest BCUT2D eigenvalue weighted by Crippen LogP contribution is 2.39. The topological polar surface area (TPSA) is 105 Å². The van der Waals surface area contributed by atoms with Gasteiger partial charge in [-0.3, -0.25) is 14.9 Å². The van der Waals surface area contributed by atoms with E-state index < -0.39 is 17.8 Å².